The fraction of sp³-hybridized carbons (Fsp3) is 0.667. The number of ether oxygens (including phenoxy) is 1. The van der Waals surface area contributed by atoms with Crippen molar-refractivity contribution in [3.8, 4) is 5.75 Å². The summed E-state index contributed by atoms with van der Waals surface area (Å²) in [5.41, 5.74) is 4.10. The van der Waals surface area contributed by atoms with Gasteiger partial charge in [0.25, 0.3) is 0 Å². The van der Waals surface area contributed by atoms with Gasteiger partial charge in [-0.2, -0.15) is 0 Å². The number of fused-ring (bicyclic) bond motifs is 1. The number of halogens is 1. The Hall–Kier alpha value is -0.730. The van der Waals surface area contributed by atoms with Crippen molar-refractivity contribution in [1.82, 2.24) is 5.32 Å². The Morgan fingerprint density at radius 3 is 2.81 bits per heavy atom. The topological polar surface area (TPSA) is 21.3 Å². The van der Waals surface area contributed by atoms with E-state index in [-0.39, 0.29) is 0 Å². The van der Waals surface area contributed by atoms with Gasteiger partial charge in [-0.05, 0) is 68.2 Å². The number of methoxy groups -OCH3 is 1. The minimum absolute atomic E-state index is 0.576. The lowest BCUT2D eigenvalue weighted by Crippen LogP contribution is -2.35. The second-order valence-electron chi connectivity index (χ2n) is 6.43. The van der Waals surface area contributed by atoms with E-state index in [2.05, 4.69) is 11.4 Å². The molecule has 0 amide bonds. The summed E-state index contributed by atoms with van der Waals surface area (Å²) in [5, 5.41) is 4.51. The number of rotatable bonds is 3. The van der Waals surface area contributed by atoms with E-state index in [1.54, 1.807) is 7.11 Å². The van der Waals surface area contributed by atoms with E-state index < -0.39 is 0 Å². The van der Waals surface area contributed by atoms with Gasteiger partial charge in [0.1, 0.15) is 5.75 Å². The second kappa shape index (κ2) is 7.02. The molecular formula is C18H26ClNO. The SMILES string of the molecule is COc1c(CC2CCCCN2)cc2c(c1Cl)CCCCC2. The molecule has 0 bridgehead atoms. The lowest BCUT2D eigenvalue weighted by molar-refractivity contribution is 0.381. The molecular weight excluding hydrogens is 282 g/mol. The van der Waals surface area contributed by atoms with Gasteiger partial charge >= 0.3 is 0 Å². The van der Waals surface area contributed by atoms with E-state index in [1.807, 2.05) is 0 Å². The summed E-state index contributed by atoms with van der Waals surface area (Å²) in [5.74, 6) is 0.921. The van der Waals surface area contributed by atoms with Crippen molar-refractivity contribution < 1.29 is 4.74 Å². The maximum absolute atomic E-state index is 6.68. The molecule has 0 aromatic heterocycles. The first kappa shape index (κ1) is 15.2. The number of benzene rings is 1. The highest BCUT2D eigenvalue weighted by Crippen LogP contribution is 2.38. The molecule has 1 fully saturated rings. The van der Waals surface area contributed by atoms with Gasteiger partial charge in [0, 0.05) is 6.04 Å². The summed E-state index contributed by atoms with van der Waals surface area (Å²) >= 11 is 6.68. The van der Waals surface area contributed by atoms with E-state index >= 15 is 0 Å². The van der Waals surface area contributed by atoms with Crippen molar-refractivity contribution in [2.24, 2.45) is 0 Å². The first-order valence-electron chi connectivity index (χ1n) is 8.40. The molecule has 0 radical (unpaired) electrons. The Labute approximate surface area is 133 Å². The third kappa shape index (κ3) is 3.37. The van der Waals surface area contributed by atoms with Crippen molar-refractivity contribution in [3.05, 3.63) is 27.8 Å². The van der Waals surface area contributed by atoms with Crippen LogP contribution in [-0.4, -0.2) is 19.7 Å². The molecule has 1 aromatic carbocycles. The zero-order valence-electron chi connectivity index (χ0n) is 13.0. The monoisotopic (exact) mass is 307 g/mol. The van der Waals surface area contributed by atoms with Crippen LogP contribution in [0.25, 0.3) is 0 Å². The van der Waals surface area contributed by atoms with Crippen LogP contribution in [0.15, 0.2) is 6.07 Å². The van der Waals surface area contributed by atoms with Crippen LogP contribution in [0.1, 0.15) is 55.2 Å². The summed E-state index contributed by atoms with van der Waals surface area (Å²) in [7, 11) is 1.75. The van der Waals surface area contributed by atoms with Crippen molar-refractivity contribution in [3.63, 3.8) is 0 Å². The van der Waals surface area contributed by atoms with Crippen LogP contribution in [-0.2, 0) is 19.3 Å². The minimum atomic E-state index is 0.576. The highest BCUT2D eigenvalue weighted by atomic mass is 35.5. The van der Waals surface area contributed by atoms with Gasteiger partial charge in [0.15, 0.2) is 0 Å². The molecule has 3 heteroatoms. The first-order valence-corrected chi connectivity index (χ1v) is 8.78. The van der Waals surface area contributed by atoms with Gasteiger partial charge in [-0.3, -0.25) is 0 Å². The number of piperidine rings is 1. The molecule has 1 unspecified atom stereocenters. The van der Waals surface area contributed by atoms with Gasteiger partial charge in [0.05, 0.1) is 12.1 Å². The molecule has 1 aromatic rings. The summed E-state index contributed by atoms with van der Waals surface area (Å²) < 4.78 is 5.66. The van der Waals surface area contributed by atoms with Crippen LogP contribution in [0, 0.1) is 0 Å². The molecule has 2 nitrogen and oxygen atoms in total. The largest absolute Gasteiger partial charge is 0.495 e. The highest BCUT2D eigenvalue weighted by molar-refractivity contribution is 6.33. The third-order valence-corrected chi connectivity index (χ3v) is 5.35. The second-order valence-corrected chi connectivity index (χ2v) is 6.81. The fourth-order valence-corrected chi connectivity index (χ4v) is 4.22. The van der Waals surface area contributed by atoms with E-state index in [1.165, 1.54) is 61.6 Å². The van der Waals surface area contributed by atoms with Gasteiger partial charge in [0.2, 0.25) is 0 Å². The van der Waals surface area contributed by atoms with Gasteiger partial charge < -0.3 is 10.1 Å². The molecule has 1 N–H and O–H groups in total. The normalized spacial score (nSPS) is 22.5. The standard InChI is InChI=1S/C18H26ClNO/c1-21-18-14(12-15-8-5-6-10-20-15)11-13-7-3-2-4-9-16(13)17(18)19/h11,15,20H,2-10,12H2,1H3. The summed E-state index contributed by atoms with van der Waals surface area (Å²) in [6.07, 6.45) is 11.1. The summed E-state index contributed by atoms with van der Waals surface area (Å²) in [4.78, 5) is 0. The quantitative estimate of drug-likeness (QED) is 0.841. The Bertz CT molecular complexity index is 494. The van der Waals surface area contributed by atoms with Crippen LogP contribution >= 0.6 is 11.6 Å². The average Bonchev–Trinajstić information content (AvgIpc) is 2.74. The maximum Gasteiger partial charge on any atom is 0.140 e. The van der Waals surface area contributed by atoms with Crippen molar-refractivity contribution in [2.75, 3.05) is 13.7 Å². The van der Waals surface area contributed by atoms with Crippen LogP contribution in [0.4, 0.5) is 0 Å². The smallest absolute Gasteiger partial charge is 0.140 e. The van der Waals surface area contributed by atoms with E-state index in [0.29, 0.717) is 6.04 Å². The molecule has 0 spiro atoms. The number of aryl methyl sites for hydroxylation is 1. The lowest BCUT2D eigenvalue weighted by Gasteiger charge is -2.25. The van der Waals surface area contributed by atoms with E-state index in [4.69, 9.17) is 16.3 Å². The van der Waals surface area contributed by atoms with E-state index in [0.717, 1.165) is 30.2 Å². The van der Waals surface area contributed by atoms with Crippen LogP contribution in [0.2, 0.25) is 5.02 Å². The maximum atomic E-state index is 6.68. The number of hydrogen-bond donors (Lipinski definition) is 1. The molecule has 1 aliphatic carbocycles. The Morgan fingerprint density at radius 2 is 2.05 bits per heavy atom. The van der Waals surface area contributed by atoms with Gasteiger partial charge in [-0.25, -0.2) is 0 Å². The number of nitrogens with one attached hydrogen (secondary N) is 1. The van der Waals surface area contributed by atoms with Gasteiger partial charge in [-0.1, -0.05) is 30.5 Å². The highest BCUT2D eigenvalue weighted by Gasteiger charge is 2.21. The van der Waals surface area contributed by atoms with Crippen LogP contribution < -0.4 is 10.1 Å². The molecule has 3 rings (SSSR count). The molecule has 1 heterocycles. The molecule has 2 aliphatic rings. The molecule has 21 heavy (non-hydrogen) atoms. The molecule has 1 atom stereocenters. The van der Waals surface area contributed by atoms with Crippen LogP contribution in [0.5, 0.6) is 5.75 Å². The van der Waals surface area contributed by atoms with Crippen molar-refractivity contribution >= 4 is 11.6 Å². The molecule has 1 aliphatic heterocycles. The minimum Gasteiger partial charge on any atom is -0.495 e. The van der Waals surface area contributed by atoms with Crippen molar-refractivity contribution in [2.45, 2.75) is 63.8 Å². The van der Waals surface area contributed by atoms with E-state index in [9.17, 15) is 0 Å². The average molecular weight is 308 g/mol. The first-order chi connectivity index (χ1) is 10.3. The Morgan fingerprint density at radius 1 is 1.19 bits per heavy atom. The van der Waals surface area contributed by atoms with Gasteiger partial charge in [-0.15, -0.1) is 0 Å². The summed E-state index contributed by atoms with van der Waals surface area (Å²) in [6, 6.07) is 2.95. The zero-order chi connectivity index (χ0) is 14.7. The predicted octanol–water partition coefficient (Wildman–Crippen LogP) is 4.30. The van der Waals surface area contributed by atoms with Crippen LogP contribution in [0.3, 0.4) is 0 Å². The third-order valence-electron chi connectivity index (χ3n) is 4.95. The fourth-order valence-electron chi connectivity index (χ4n) is 3.81. The molecule has 116 valence electrons. The molecule has 0 saturated carbocycles. The Kier molecular flexibility index (Phi) is 5.07. The zero-order valence-corrected chi connectivity index (χ0v) is 13.8. The lowest BCUT2D eigenvalue weighted by atomic mass is 9.93. The van der Waals surface area contributed by atoms with Crippen molar-refractivity contribution in [1.29, 1.82) is 0 Å². The number of hydrogen-bond acceptors (Lipinski definition) is 2. The molecule has 1 saturated heterocycles. The predicted molar refractivity (Wildman–Crippen MR) is 88.6 cm³/mol. The summed E-state index contributed by atoms with van der Waals surface area (Å²) in [6.45, 7) is 1.14. The Balaban J connectivity index is 1.91.